The number of thiazole rings is 1. The number of nitrogens with zero attached hydrogens (tertiary/aromatic N) is 2. The minimum atomic E-state index is 0.0732. The van der Waals surface area contributed by atoms with E-state index in [4.69, 9.17) is 4.98 Å². The maximum absolute atomic E-state index is 4.86. The molecule has 1 aromatic rings. The third-order valence-corrected chi connectivity index (χ3v) is 5.57. The molecule has 1 saturated heterocycles. The highest BCUT2D eigenvalue weighted by atomic mass is 32.1. The normalized spacial score (nSPS) is 29.1. The van der Waals surface area contributed by atoms with Gasteiger partial charge in [0.25, 0.3) is 0 Å². The topological polar surface area (TPSA) is 28.2 Å². The molecule has 4 heteroatoms. The standard InChI is InChI=1S/C15H27N3S/c1-10(2)17-15(7-8-18(6)11(3)9-15)14-16-12(4)13(5)19-14/h10-11,17H,7-9H2,1-6H3. The monoisotopic (exact) mass is 281 g/mol. The van der Waals surface area contributed by atoms with Crippen LogP contribution in [0, 0.1) is 13.8 Å². The van der Waals surface area contributed by atoms with Gasteiger partial charge in [-0.2, -0.15) is 0 Å². The Bertz CT molecular complexity index is 421. The molecule has 2 atom stereocenters. The predicted molar refractivity (Wildman–Crippen MR) is 82.9 cm³/mol. The molecule has 0 aliphatic carbocycles. The van der Waals surface area contributed by atoms with Gasteiger partial charge in [-0.3, -0.25) is 0 Å². The van der Waals surface area contributed by atoms with Crippen molar-refractivity contribution in [3.63, 3.8) is 0 Å². The largest absolute Gasteiger partial charge is 0.304 e. The zero-order valence-electron chi connectivity index (χ0n) is 13.1. The van der Waals surface area contributed by atoms with Crippen molar-refractivity contribution in [1.82, 2.24) is 15.2 Å². The fourth-order valence-electron chi connectivity index (χ4n) is 2.97. The third-order valence-electron chi connectivity index (χ3n) is 4.29. The second kappa shape index (κ2) is 5.51. The zero-order valence-corrected chi connectivity index (χ0v) is 13.9. The van der Waals surface area contributed by atoms with Crippen LogP contribution >= 0.6 is 11.3 Å². The highest BCUT2D eigenvalue weighted by molar-refractivity contribution is 7.11. The van der Waals surface area contributed by atoms with Crippen LogP contribution in [-0.2, 0) is 5.54 Å². The SMILES string of the molecule is Cc1nc(C2(NC(C)C)CCN(C)C(C)C2)sc1C. The third kappa shape index (κ3) is 3.01. The zero-order chi connectivity index (χ0) is 14.2. The molecule has 0 bridgehead atoms. The summed E-state index contributed by atoms with van der Waals surface area (Å²) in [5.41, 5.74) is 1.26. The van der Waals surface area contributed by atoms with Gasteiger partial charge in [0.15, 0.2) is 0 Å². The first kappa shape index (κ1) is 14.9. The van der Waals surface area contributed by atoms with Gasteiger partial charge < -0.3 is 10.2 Å². The summed E-state index contributed by atoms with van der Waals surface area (Å²) in [7, 11) is 2.22. The van der Waals surface area contributed by atoms with Crippen molar-refractivity contribution < 1.29 is 0 Å². The van der Waals surface area contributed by atoms with Crippen molar-refractivity contribution in [1.29, 1.82) is 0 Å². The van der Waals surface area contributed by atoms with Crippen molar-refractivity contribution in [3.05, 3.63) is 15.6 Å². The Labute approximate surface area is 121 Å². The summed E-state index contributed by atoms with van der Waals surface area (Å²) >= 11 is 1.87. The van der Waals surface area contributed by atoms with E-state index in [0.717, 1.165) is 19.4 Å². The first-order valence-electron chi connectivity index (χ1n) is 7.26. The van der Waals surface area contributed by atoms with E-state index < -0.39 is 0 Å². The lowest BCUT2D eigenvalue weighted by Crippen LogP contribution is -2.55. The Morgan fingerprint density at radius 2 is 2.11 bits per heavy atom. The average Bonchev–Trinajstić information content (AvgIpc) is 2.64. The van der Waals surface area contributed by atoms with Crippen LogP contribution in [0.2, 0.25) is 0 Å². The van der Waals surface area contributed by atoms with Crippen LogP contribution in [0.4, 0.5) is 0 Å². The lowest BCUT2D eigenvalue weighted by Gasteiger charge is -2.45. The molecule has 1 fully saturated rings. The number of hydrogen-bond acceptors (Lipinski definition) is 4. The molecule has 1 aromatic heterocycles. The van der Waals surface area contributed by atoms with Gasteiger partial charge in [-0.25, -0.2) is 4.98 Å². The molecule has 3 nitrogen and oxygen atoms in total. The number of aromatic nitrogens is 1. The molecule has 2 rings (SSSR count). The molecule has 0 amide bonds. The minimum Gasteiger partial charge on any atom is -0.304 e. The molecule has 2 heterocycles. The molecule has 1 aliphatic heterocycles. The van der Waals surface area contributed by atoms with Gasteiger partial charge in [0, 0.05) is 23.5 Å². The lowest BCUT2D eigenvalue weighted by molar-refractivity contribution is 0.0992. The molecule has 1 aliphatic rings. The van der Waals surface area contributed by atoms with Crippen molar-refractivity contribution in [3.8, 4) is 0 Å². The second-order valence-electron chi connectivity index (χ2n) is 6.33. The van der Waals surface area contributed by atoms with Crippen LogP contribution < -0.4 is 5.32 Å². The number of aryl methyl sites for hydroxylation is 2. The van der Waals surface area contributed by atoms with Crippen molar-refractivity contribution in [2.45, 2.75) is 65.1 Å². The van der Waals surface area contributed by atoms with Crippen molar-refractivity contribution in [2.75, 3.05) is 13.6 Å². The van der Waals surface area contributed by atoms with E-state index in [-0.39, 0.29) is 5.54 Å². The number of nitrogens with one attached hydrogen (secondary N) is 1. The molecule has 0 saturated carbocycles. The number of piperidine rings is 1. The number of rotatable bonds is 3. The van der Waals surface area contributed by atoms with Gasteiger partial charge in [-0.05, 0) is 54.5 Å². The van der Waals surface area contributed by atoms with Gasteiger partial charge in [0.05, 0.1) is 11.2 Å². The first-order chi connectivity index (χ1) is 8.84. The summed E-state index contributed by atoms with van der Waals surface area (Å²) < 4.78 is 0. The van der Waals surface area contributed by atoms with Crippen LogP contribution in [0.1, 0.15) is 49.2 Å². The van der Waals surface area contributed by atoms with E-state index in [2.05, 4.69) is 51.9 Å². The molecule has 0 radical (unpaired) electrons. The summed E-state index contributed by atoms with van der Waals surface area (Å²) in [6, 6.07) is 1.09. The van der Waals surface area contributed by atoms with Crippen molar-refractivity contribution in [2.24, 2.45) is 0 Å². The van der Waals surface area contributed by atoms with Crippen LogP contribution in [0.25, 0.3) is 0 Å². The summed E-state index contributed by atoms with van der Waals surface area (Å²) in [5.74, 6) is 0. The van der Waals surface area contributed by atoms with E-state index in [1.165, 1.54) is 15.6 Å². The molecular formula is C15H27N3S. The van der Waals surface area contributed by atoms with Gasteiger partial charge in [0.1, 0.15) is 5.01 Å². The average molecular weight is 281 g/mol. The van der Waals surface area contributed by atoms with E-state index in [0.29, 0.717) is 12.1 Å². The Kier molecular flexibility index (Phi) is 4.33. The Hall–Kier alpha value is -0.450. The number of hydrogen-bond donors (Lipinski definition) is 1. The fraction of sp³-hybridized carbons (Fsp3) is 0.800. The molecule has 108 valence electrons. The fourth-order valence-corrected chi connectivity index (χ4v) is 4.07. The molecule has 1 N–H and O–H groups in total. The Morgan fingerprint density at radius 1 is 1.42 bits per heavy atom. The molecule has 0 spiro atoms. The Balaban J connectivity index is 2.34. The van der Waals surface area contributed by atoms with Gasteiger partial charge >= 0.3 is 0 Å². The van der Waals surface area contributed by atoms with Crippen LogP contribution in [-0.4, -0.2) is 35.6 Å². The smallest absolute Gasteiger partial charge is 0.113 e. The van der Waals surface area contributed by atoms with Crippen LogP contribution in [0.3, 0.4) is 0 Å². The highest BCUT2D eigenvalue weighted by Gasteiger charge is 2.41. The summed E-state index contributed by atoms with van der Waals surface area (Å²) in [6.07, 6.45) is 2.30. The summed E-state index contributed by atoms with van der Waals surface area (Å²) in [5, 5.41) is 5.11. The number of likely N-dealkylation sites (tertiary alicyclic amines) is 1. The van der Waals surface area contributed by atoms with E-state index >= 15 is 0 Å². The highest BCUT2D eigenvalue weighted by Crippen LogP contribution is 2.38. The quantitative estimate of drug-likeness (QED) is 0.923. The molecular weight excluding hydrogens is 254 g/mol. The summed E-state index contributed by atoms with van der Waals surface area (Å²) in [4.78, 5) is 8.66. The predicted octanol–water partition coefficient (Wildman–Crippen LogP) is 3.07. The first-order valence-corrected chi connectivity index (χ1v) is 8.08. The molecule has 2 unspecified atom stereocenters. The molecule has 0 aromatic carbocycles. The Morgan fingerprint density at radius 3 is 2.58 bits per heavy atom. The maximum atomic E-state index is 4.86. The second-order valence-corrected chi connectivity index (χ2v) is 7.53. The lowest BCUT2D eigenvalue weighted by atomic mass is 9.83. The van der Waals surface area contributed by atoms with Gasteiger partial charge in [0.2, 0.25) is 0 Å². The van der Waals surface area contributed by atoms with E-state index in [1.54, 1.807) is 0 Å². The van der Waals surface area contributed by atoms with E-state index in [1.807, 2.05) is 11.3 Å². The van der Waals surface area contributed by atoms with Gasteiger partial charge in [-0.1, -0.05) is 0 Å². The van der Waals surface area contributed by atoms with Crippen molar-refractivity contribution >= 4 is 11.3 Å². The summed E-state index contributed by atoms with van der Waals surface area (Å²) in [6.45, 7) is 12.2. The minimum absolute atomic E-state index is 0.0732. The molecule has 19 heavy (non-hydrogen) atoms. The maximum Gasteiger partial charge on any atom is 0.113 e. The van der Waals surface area contributed by atoms with Crippen LogP contribution in [0.5, 0.6) is 0 Å². The van der Waals surface area contributed by atoms with Crippen LogP contribution in [0.15, 0.2) is 0 Å². The van der Waals surface area contributed by atoms with E-state index in [9.17, 15) is 0 Å². The van der Waals surface area contributed by atoms with Gasteiger partial charge in [-0.15, -0.1) is 11.3 Å².